The second-order valence-corrected chi connectivity index (χ2v) is 5.43. The van der Waals surface area contributed by atoms with Crippen molar-refractivity contribution in [3.63, 3.8) is 0 Å². The Morgan fingerprint density at radius 2 is 2.10 bits per heavy atom. The van der Waals surface area contributed by atoms with E-state index in [4.69, 9.17) is 0 Å². The molecule has 0 radical (unpaired) electrons. The third-order valence-corrected chi connectivity index (χ3v) is 3.43. The molecule has 5 nitrogen and oxygen atoms in total. The Kier molecular flexibility index (Phi) is 6.71. The molecule has 0 aliphatic heterocycles. The van der Waals surface area contributed by atoms with Crippen LogP contribution in [0.1, 0.15) is 51.8 Å². The summed E-state index contributed by atoms with van der Waals surface area (Å²) in [5.74, 6) is 0.0629. The summed E-state index contributed by atoms with van der Waals surface area (Å²) in [7, 11) is 1.92. The maximum Gasteiger partial charge on any atom is 0.237 e. The van der Waals surface area contributed by atoms with Crippen LogP contribution >= 0.6 is 0 Å². The second kappa shape index (κ2) is 8.04. The molecule has 0 aliphatic carbocycles. The van der Waals surface area contributed by atoms with Crippen molar-refractivity contribution in [1.82, 2.24) is 20.4 Å². The molecule has 1 heterocycles. The van der Waals surface area contributed by atoms with Gasteiger partial charge in [0.2, 0.25) is 5.91 Å². The van der Waals surface area contributed by atoms with Crippen molar-refractivity contribution >= 4 is 5.91 Å². The molecule has 1 rings (SSSR count). The molecule has 1 aromatic heterocycles. The van der Waals surface area contributed by atoms with E-state index in [1.54, 1.807) is 0 Å². The summed E-state index contributed by atoms with van der Waals surface area (Å²) in [6.07, 6.45) is 5.02. The number of nitrogens with one attached hydrogen (secondary N) is 2. The maximum absolute atomic E-state index is 12.0. The van der Waals surface area contributed by atoms with Crippen LogP contribution in [0.5, 0.6) is 0 Å². The van der Waals surface area contributed by atoms with Crippen molar-refractivity contribution in [2.24, 2.45) is 7.05 Å². The van der Waals surface area contributed by atoms with Gasteiger partial charge in [0, 0.05) is 31.4 Å². The lowest BCUT2D eigenvalue weighted by atomic mass is 10.1. The van der Waals surface area contributed by atoms with Crippen molar-refractivity contribution in [3.05, 3.63) is 17.5 Å². The molecule has 0 saturated carbocycles. The Balaban J connectivity index is 2.45. The van der Waals surface area contributed by atoms with Gasteiger partial charge in [0.15, 0.2) is 0 Å². The first-order chi connectivity index (χ1) is 9.47. The van der Waals surface area contributed by atoms with Crippen LogP contribution in [0.4, 0.5) is 0 Å². The van der Waals surface area contributed by atoms with Crippen LogP contribution in [0.2, 0.25) is 0 Å². The molecule has 20 heavy (non-hydrogen) atoms. The lowest BCUT2D eigenvalue weighted by molar-refractivity contribution is -0.123. The molecule has 2 atom stereocenters. The first kappa shape index (κ1) is 16.7. The summed E-state index contributed by atoms with van der Waals surface area (Å²) < 4.78 is 1.82. The molecule has 5 heteroatoms. The van der Waals surface area contributed by atoms with Crippen LogP contribution in [-0.4, -0.2) is 27.8 Å². The maximum atomic E-state index is 12.0. The van der Waals surface area contributed by atoms with E-state index < -0.39 is 0 Å². The topological polar surface area (TPSA) is 59.0 Å². The normalized spacial score (nSPS) is 14.1. The molecule has 1 amide bonds. The standard InChI is InChI=1S/C15H28N4O/c1-6-8-11(3)17-15(20)12(4)16-9-13-10-19(5)18-14(13)7-2/h10-12,16H,6-9H2,1-5H3,(H,17,20). The van der Waals surface area contributed by atoms with Gasteiger partial charge in [-0.1, -0.05) is 20.3 Å². The highest BCUT2D eigenvalue weighted by Gasteiger charge is 2.15. The molecule has 0 aromatic carbocycles. The summed E-state index contributed by atoms with van der Waals surface area (Å²) in [5.41, 5.74) is 2.25. The fraction of sp³-hybridized carbons (Fsp3) is 0.733. The second-order valence-electron chi connectivity index (χ2n) is 5.43. The summed E-state index contributed by atoms with van der Waals surface area (Å²) in [6, 6.07) is 0.0422. The van der Waals surface area contributed by atoms with Gasteiger partial charge in [-0.2, -0.15) is 5.10 Å². The molecule has 0 fully saturated rings. The van der Waals surface area contributed by atoms with Gasteiger partial charge in [-0.15, -0.1) is 0 Å². The highest BCUT2D eigenvalue weighted by molar-refractivity contribution is 5.81. The number of rotatable bonds is 8. The molecule has 114 valence electrons. The smallest absolute Gasteiger partial charge is 0.237 e. The third-order valence-electron chi connectivity index (χ3n) is 3.43. The molecule has 1 aromatic rings. The van der Waals surface area contributed by atoms with Crippen LogP contribution in [-0.2, 0) is 24.8 Å². The van der Waals surface area contributed by atoms with Crippen molar-refractivity contribution in [3.8, 4) is 0 Å². The van der Waals surface area contributed by atoms with Gasteiger partial charge < -0.3 is 10.6 Å². The zero-order chi connectivity index (χ0) is 15.1. The molecule has 0 saturated heterocycles. The van der Waals surface area contributed by atoms with Crippen molar-refractivity contribution in [2.75, 3.05) is 0 Å². The molecule has 0 bridgehead atoms. The van der Waals surface area contributed by atoms with Gasteiger partial charge >= 0.3 is 0 Å². The number of hydrogen-bond donors (Lipinski definition) is 2. The van der Waals surface area contributed by atoms with Crippen LogP contribution < -0.4 is 10.6 Å². The zero-order valence-electron chi connectivity index (χ0n) is 13.4. The van der Waals surface area contributed by atoms with Crippen LogP contribution in [0.25, 0.3) is 0 Å². The fourth-order valence-electron chi connectivity index (χ4n) is 2.26. The minimum absolute atomic E-state index is 0.0629. The number of carbonyl (C=O) groups excluding carboxylic acids is 1. The van der Waals surface area contributed by atoms with E-state index in [9.17, 15) is 4.79 Å². The van der Waals surface area contributed by atoms with E-state index in [2.05, 4.69) is 29.6 Å². The summed E-state index contributed by atoms with van der Waals surface area (Å²) in [5, 5.41) is 10.7. The quantitative estimate of drug-likeness (QED) is 0.763. The predicted octanol–water partition coefficient (Wildman–Crippen LogP) is 1.77. The molecular weight excluding hydrogens is 252 g/mol. The molecular formula is C15H28N4O. The van der Waals surface area contributed by atoms with Crippen molar-refractivity contribution < 1.29 is 4.79 Å². The zero-order valence-corrected chi connectivity index (χ0v) is 13.4. The third kappa shape index (κ3) is 4.96. The van der Waals surface area contributed by atoms with Gasteiger partial charge in [0.05, 0.1) is 11.7 Å². The minimum atomic E-state index is -0.195. The van der Waals surface area contributed by atoms with E-state index in [-0.39, 0.29) is 18.0 Å². The molecule has 0 aliphatic rings. The Hall–Kier alpha value is -1.36. The van der Waals surface area contributed by atoms with Crippen LogP contribution in [0.3, 0.4) is 0 Å². The SMILES string of the molecule is CCCC(C)NC(=O)C(C)NCc1cn(C)nc1CC. The van der Waals surface area contributed by atoms with E-state index in [0.29, 0.717) is 6.54 Å². The van der Waals surface area contributed by atoms with Crippen molar-refractivity contribution in [1.29, 1.82) is 0 Å². The minimum Gasteiger partial charge on any atom is -0.352 e. The average Bonchev–Trinajstić information content (AvgIpc) is 2.76. The predicted molar refractivity (Wildman–Crippen MR) is 81.4 cm³/mol. The van der Waals surface area contributed by atoms with E-state index in [1.807, 2.05) is 31.8 Å². The highest BCUT2D eigenvalue weighted by Crippen LogP contribution is 2.07. The average molecular weight is 280 g/mol. The lowest BCUT2D eigenvalue weighted by Gasteiger charge is -2.18. The number of amides is 1. The Morgan fingerprint density at radius 1 is 1.40 bits per heavy atom. The molecule has 2 unspecified atom stereocenters. The van der Waals surface area contributed by atoms with Gasteiger partial charge in [-0.05, 0) is 26.7 Å². The van der Waals surface area contributed by atoms with Gasteiger partial charge in [-0.3, -0.25) is 9.48 Å². The first-order valence-electron chi connectivity index (χ1n) is 7.53. The van der Waals surface area contributed by atoms with Gasteiger partial charge in [-0.25, -0.2) is 0 Å². The number of aryl methyl sites for hydroxylation is 2. The summed E-state index contributed by atoms with van der Waals surface area (Å²) >= 11 is 0. The summed E-state index contributed by atoms with van der Waals surface area (Å²) in [4.78, 5) is 12.0. The Morgan fingerprint density at radius 3 is 2.70 bits per heavy atom. The number of hydrogen-bond acceptors (Lipinski definition) is 3. The largest absolute Gasteiger partial charge is 0.352 e. The van der Waals surface area contributed by atoms with Gasteiger partial charge in [0.1, 0.15) is 0 Å². The van der Waals surface area contributed by atoms with E-state index >= 15 is 0 Å². The van der Waals surface area contributed by atoms with Crippen molar-refractivity contribution in [2.45, 2.75) is 65.6 Å². The molecule has 0 spiro atoms. The lowest BCUT2D eigenvalue weighted by Crippen LogP contribution is -2.45. The summed E-state index contributed by atoms with van der Waals surface area (Å²) in [6.45, 7) is 8.83. The van der Waals surface area contributed by atoms with E-state index in [1.165, 1.54) is 0 Å². The van der Waals surface area contributed by atoms with E-state index in [0.717, 1.165) is 30.5 Å². The highest BCUT2D eigenvalue weighted by atomic mass is 16.2. The van der Waals surface area contributed by atoms with Gasteiger partial charge in [0.25, 0.3) is 0 Å². The Labute approximate surface area is 122 Å². The Bertz CT molecular complexity index is 428. The van der Waals surface area contributed by atoms with Crippen LogP contribution in [0, 0.1) is 0 Å². The number of aromatic nitrogens is 2. The number of carbonyl (C=O) groups is 1. The number of nitrogens with zero attached hydrogens (tertiary/aromatic N) is 2. The fourth-order valence-corrected chi connectivity index (χ4v) is 2.26. The molecule has 2 N–H and O–H groups in total. The van der Waals surface area contributed by atoms with Crippen LogP contribution in [0.15, 0.2) is 6.20 Å². The monoisotopic (exact) mass is 280 g/mol. The first-order valence-corrected chi connectivity index (χ1v) is 7.53.